The molecular formula is C26H19Cl2IN2O4S. The van der Waals surface area contributed by atoms with Gasteiger partial charge in [-0.25, -0.2) is 0 Å². The molecule has 1 saturated heterocycles. The summed E-state index contributed by atoms with van der Waals surface area (Å²) >= 11 is 15.5. The van der Waals surface area contributed by atoms with Gasteiger partial charge in [0.25, 0.3) is 11.8 Å². The highest BCUT2D eigenvalue weighted by Crippen LogP contribution is 2.37. The summed E-state index contributed by atoms with van der Waals surface area (Å²) in [6.07, 6.45) is 1.72. The molecule has 0 bridgehead atoms. The fourth-order valence-corrected chi connectivity index (χ4v) is 5.30. The average molecular weight is 653 g/mol. The van der Waals surface area contributed by atoms with Crippen LogP contribution in [-0.2, 0) is 11.4 Å². The fraction of sp³-hybridized carbons (Fsp3) is 0.115. The van der Waals surface area contributed by atoms with Gasteiger partial charge in [-0.3, -0.25) is 9.59 Å². The third-order valence-corrected chi connectivity index (χ3v) is 7.19. The Balaban J connectivity index is 1.54. The fourth-order valence-electron chi connectivity index (χ4n) is 3.23. The van der Waals surface area contributed by atoms with Gasteiger partial charge in [-0.1, -0.05) is 47.5 Å². The van der Waals surface area contributed by atoms with Crippen molar-refractivity contribution < 1.29 is 19.1 Å². The minimum absolute atomic E-state index is 0.236. The molecule has 36 heavy (non-hydrogen) atoms. The molecule has 2 amide bonds. The number of carbonyl (C=O) groups excluding carboxylic acids is 2. The van der Waals surface area contributed by atoms with Gasteiger partial charge in [-0.2, -0.15) is 4.99 Å². The molecule has 184 valence electrons. The van der Waals surface area contributed by atoms with Gasteiger partial charge in [0.2, 0.25) is 0 Å². The Morgan fingerprint density at radius 3 is 2.61 bits per heavy atom. The van der Waals surface area contributed by atoms with Crippen molar-refractivity contribution in [1.29, 1.82) is 0 Å². The molecule has 0 atom stereocenters. The van der Waals surface area contributed by atoms with Crippen molar-refractivity contribution in [3.05, 3.63) is 95.9 Å². The first-order chi connectivity index (χ1) is 17.3. The average Bonchev–Trinajstić information content (AvgIpc) is 3.18. The molecule has 3 aromatic rings. The standard InChI is InChI=1S/C26H19Cl2IN2O4S/c1-2-34-21-11-15(10-20(29)23(21)35-14-17-8-9-18(27)13-19(17)28)12-22-25(33)31-26(36-22)30-24(32)16-6-4-3-5-7-16/h3-13H,2,14H2,1H3,(H,30,31,32,33)/b22-12-. The first-order valence-corrected chi connectivity index (χ1v) is 13.4. The zero-order valence-electron chi connectivity index (χ0n) is 18.9. The minimum Gasteiger partial charge on any atom is -0.490 e. The predicted octanol–water partition coefficient (Wildman–Crippen LogP) is 6.98. The van der Waals surface area contributed by atoms with Crippen LogP contribution < -0.4 is 14.8 Å². The zero-order valence-corrected chi connectivity index (χ0v) is 23.4. The van der Waals surface area contributed by atoms with Crippen molar-refractivity contribution in [3.8, 4) is 11.5 Å². The lowest BCUT2D eigenvalue weighted by Gasteiger charge is -2.15. The van der Waals surface area contributed by atoms with Crippen molar-refractivity contribution in [1.82, 2.24) is 5.32 Å². The summed E-state index contributed by atoms with van der Waals surface area (Å²) in [7, 11) is 0. The van der Waals surface area contributed by atoms with Crippen LogP contribution in [0.4, 0.5) is 0 Å². The summed E-state index contributed by atoms with van der Waals surface area (Å²) in [5.74, 6) is 0.364. The third kappa shape index (κ3) is 6.61. The van der Waals surface area contributed by atoms with Crippen LogP contribution in [0, 0.1) is 3.57 Å². The van der Waals surface area contributed by atoms with E-state index in [0.717, 1.165) is 26.5 Å². The molecule has 1 heterocycles. The van der Waals surface area contributed by atoms with Crippen LogP contribution in [0.3, 0.4) is 0 Å². The molecule has 0 spiro atoms. The molecule has 1 aliphatic rings. The second-order valence-corrected chi connectivity index (χ2v) is 10.5. The lowest BCUT2D eigenvalue weighted by molar-refractivity contribution is -0.115. The normalized spacial score (nSPS) is 15.3. The number of hydrogen-bond donors (Lipinski definition) is 1. The highest BCUT2D eigenvalue weighted by Gasteiger charge is 2.25. The van der Waals surface area contributed by atoms with Gasteiger partial charge in [0.15, 0.2) is 16.7 Å². The van der Waals surface area contributed by atoms with Crippen molar-refractivity contribution >= 4 is 80.6 Å². The number of carbonyl (C=O) groups is 2. The van der Waals surface area contributed by atoms with Gasteiger partial charge in [-0.15, -0.1) is 0 Å². The van der Waals surface area contributed by atoms with Crippen molar-refractivity contribution in [2.24, 2.45) is 4.99 Å². The quantitative estimate of drug-likeness (QED) is 0.220. The number of rotatable bonds is 7. The smallest absolute Gasteiger partial charge is 0.279 e. The van der Waals surface area contributed by atoms with Crippen LogP contribution >= 0.6 is 57.6 Å². The molecule has 0 aliphatic carbocycles. The van der Waals surface area contributed by atoms with Crippen LogP contribution in [-0.4, -0.2) is 23.6 Å². The second-order valence-electron chi connectivity index (χ2n) is 7.44. The number of halogens is 3. The molecule has 4 rings (SSSR count). The Morgan fingerprint density at radius 2 is 1.89 bits per heavy atom. The Morgan fingerprint density at radius 1 is 1.11 bits per heavy atom. The number of amides is 2. The SMILES string of the molecule is CCOc1cc(/C=C2\SC(=NC(=O)c3ccccc3)NC2=O)cc(I)c1OCc1ccc(Cl)cc1Cl. The van der Waals surface area contributed by atoms with Gasteiger partial charge in [-0.05, 0) is 89.3 Å². The summed E-state index contributed by atoms with van der Waals surface area (Å²) < 4.78 is 12.7. The van der Waals surface area contributed by atoms with Crippen LogP contribution in [0.25, 0.3) is 6.08 Å². The van der Waals surface area contributed by atoms with Crippen LogP contribution in [0.15, 0.2) is 70.6 Å². The third-order valence-electron chi connectivity index (χ3n) is 4.89. The number of nitrogens with one attached hydrogen (secondary N) is 1. The van der Waals surface area contributed by atoms with Crippen molar-refractivity contribution in [2.45, 2.75) is 13.5 Å². The lowest BCUT2D eigenvalue weighted by Crippen LogP contribution is -2.20. The summed E-state index contributed by atoms with van der Waals surface area (Å²) in [6.45, 7) is 2.55. The Kier molecular flexibility index (Phi) is 8.95. The lowest BCUT2D eigenvalue weighted by atomic mass is 10.1. The molecule has 1 aliphatic heterocycles. The van der Waals surface area contributed by atoms with E-state index in [9.17, 15) is 9.59 Å². The molecule has 0 unspecified atom stereocenters. The van der Waals surface area contributed by atoms with Gasteiger partial charge in [0.05, 0.1) is 15.1 Å². The van der Waals surface area contributed by atoms with Crippen molar-refractivity contribution in [3.63, 3.8) is 0 Å². The Hall–Kier alpha value is -2.53. The first-order valence-electron chi connectivity index (χ1n) is 10.8. The van der Waals surface area contributed by atoms with Gasteiger partial charge < -0.3 is 14.8 Å². The molecular weight excluding hydrogens is 634 g/mol. The van der Waals surface area contributed by atoms with E-state index in [1.807, 2.05) is 25.1 Å². The summed E-state index contributed by atoms with van der Waals surface area (Å²) in [4.78, 5) is 29.3. The zero-order chi connectivity index (χ0) is 25.7. The molecule has 0 saturated carbocycles. The first kappa shape index (κ1) is 26.5. The number of benzene rings is 3. The number of amidine groups is 1. The molecule has 1 N–H and O–H groups in total. The summed E-state index contributed by atoms with van der Waals surface area (Å²) in [5, 5.41) is 3.95. The Labute approximate surface area is 236 Å². The van der Waals surface area contributed by atoms with E-state index in [0.29, 0.717) is 38.6 Å². The van der Waals surface area contributed by atoms with Crippen LogP contribution in [0.1, 0.15) is 28.4 Å². The number of aliphatic imine (C=N–C) groups is 1. The molecule has 1 fully saturated rings. The molecule has 0 radical (unpaired) electrons. The monoisotopic (exact) mass is 652 g/mol. The molecule has 6 nitrogen and oxygen atoms in total. The van der Waals surface area contributed by atoms with Gasteiger partial charge >= 0.3 is 0 Å². The van der Waals surface area contributed by atoms with E-state index >= 15 is 0 Å². The molecule has 10 heteroatoms. The number of thioether (sulfide) groups is 1. The summed E-state index contributed by atoms with van der Waals surface area (Å²) in [5.41, 5.74) is 1.98. The van der Waals surface area contributed by atoms with Crippen LogP contribution in [0.2, 0.25) is 10.0 Å². The summed E-state index contributed by atoms with van der Waals surface area (Å²) in [6, 6.07) is 17.6. The highest BCUT2D eigenvalue weighted by atomic mass is 127. The topological polar surface area (TPSA) is 77.0 Å². The minimum atomic E-state index is -0.421. The molecule has 3 aromatic carbocycles. The maximum absolute atomic E-state index is 12.5. The Bertz CT molecular complexity index is 1380. The maximum Gasteiger partial charge on any atom is 0.279 e. The van der Waals surface area contributed by atoms with Crippen molar-refractivity contribution in [2.75, 3.05) is 6.61 Å². The van der Waals surface area contributed by atoms with Gasteiger partial charge in [0, 0.05) is 21.2 Å². The number of ether oxygens (including phenoxy) is 2. The van der Waals surface area contributed by atoms with E-state index in [2.05, 4.69) is 32.9 Å². The number of hydrogen-bond acceptors (Lipinski definition) is 5. The van der Waals surface area contributed by atoms with E-state index in [-0.39, 0.29) is 17.7 Å². The number of nitrogens with zero attached hydrogens (tertiary/aromatic N) is 1. The van der Waals surface area contributed by atoms with E-state index < -0.39 is 5.91 Å². The van der Waals surface area contributed by atoms with Crippen LogP contribution in [0.5, 0.6) is 11.5 Å². The second kappa shape index (κ2) is 12.1. The highest BCUT2D eigenvalue weighted by molar-refractivity contribution is 14.1. The van der Waals surface area contributed by atoms with Gasteiger partial charge in [0.1, 0.15) is 6.61 Å². The maximum atomic E-state index is 12.5. The van der Waals surface area contributed by atoms with E-state index in [1.54, 1.807) is 48.5 Å². The molecule has 0 aromatic heterocycles. The van der Waals surface area contributed by atoms with E-state index in [4.69, 9.17) is 32.7 Å². The predicted molar refractivity (Wildman–Crippen MR) is 153 cm³/mol. The largest absolute Gasteiger partial charge is 0.490 e. The van der Waals surface area contributed by atoms with E-state index in [1.165, 1.54) is 0 Å².